The number of hydrogen-bond acceptors (Lipinski definition) is 3. The zero-order valence-corrected chi connectivity index (χ0v) is 13.0. The van der Waals surface area contributed by atoms with Gasteiger partial charge in [0.05, 0.1) is 7.11 Å². The van der Waals surface area contributed by atoms with Gasteiger partial charge in [-0.15, -0.1) is 0 Å². The normalized spacial score (nSPS) is 10.4. The van der Waals surface area contributed by atoms with Gasteiger partial charge in [-0.3, -0.25) is 0 Å². The summed E-state index contributed by atoms with van der Waals surface area (Å²) in [6.45, 7) is 6.51. The average molecular weight is 285 g/mol. The van der Waals surface area contributed by atoms with Crippen molar-refractivity contribution in [3.8, 4) is 11.5 Å². The first-order valence-corrected chi connectivity index (χ1v) is 7.29. The van der Waals surface area contributed by atoms with Crippen molar-refractivity contribution in [1.82, 2.24) is 5.32 Å². The summed E-state index contributed by atoms with van der Waals surface area (Å²) < 4.78 is 11.3. The lowest BCUT2D eigenvalue weighted by Crippen LogP contribution is -2.14. The minimum Gasteiger partial charge on any atom is -0.493 e. The molecule has 3 nitrogen and oxygen atoms in total. The third kappa shape index (κ3) is 4.23. The summed E-state index contributed by atoms with van der Waals surface area (Å²) in [5.74, 6) is 1.56. The zero-order chi connectivity index (χ0) is 15.1. The fraction of sp³-hybridized carbons (Fsp3) is 0.333. The molecule has 0 radical (unpaired) electrons. The highest BCUT2D eigenvalue weighted by molar-refractivity contribution is 5.42. The molecule has 2 aromatic carbocycles. The summed E-state index contributed by atoms with van der Waals surface area (Å²) in [6, 6.07) is 14.3. The predicted molar refractivity (Wildman–Crippen MR) is 85.9 cm³/mol. The van der Waals surface area contributed by atoms with Crippen LogP contribution in [0, 0.1) is 6.92 Å². The van der Waals surface area contributed by atoms with Gasteiger partial charge in [-0.2, -0.15) is 0 Å². The first-order valence-electron chi connectivity index (χ1n) is 7.29. The minimum atomic E-state index is 0.543. The summed E-state index contributed by atoms with van der Waals surface area (Å²) in [5.41, 5.74) is 3.62. The lowest BCUT2D eigenvalue weighted by Gasteiger charge is -2.14. The number of ether oxygens (including phenoxy) is 2. The van der Waals surface area contributed by atoms with Crippen LogP contribution in [0.4, 0.5) is 0 Å². The van der Waals surface area contributed by atoms with Crippen LogP contribution in [-0.2, 0) is 13.2 Å². The SMILES string of the molecule is CCNCc1ccccc1COc1ccc(C)cc1OC. The molecule has 0 bridgehead atoms. The molecule has 0 aliphatic heterocycles. The van der Waals surface area contributed by atoms with E-state index in [2.05, 4.69) is 30.4 Å². The predicted octanol–water partition coefficient (Wildman–Crippen LogP) is 3.69. The van der Waals surface area contributed by atoms with Gasteiger partial charge in [0.15, 0.2) is 11.5 Å². The van der Waals surface area contributed by atoms with E-state index in [1.165, 1.54) is 11.1 Å². The molecule has 3 heteroatoms. The Labute approximate surface area is 126 Å². The molecule has 0 unspecified atom stereocenters. The second-order valence-electron chi connectivity index (χ2n) is 4.99. The third-order valence-corrected chi connectivity index (χ3v) is 3.39. The van der Waals surface area contributed by atoms with Crippen LogP contribution in [0.15, 0.2) is 42.5 Å². The van der Waals surface area contributed by atoms with E-state index in [0.29, 0.717) is 6.61 Å². The molecular formula is C18H23NO2. The van der Waals surface area contributed by atoms with Gasteiger partial charge in [0.1, 0.15) is 6.61 Å². The van der Waals surface area contributed by atoms with E-state index in [1.54, 1.807) is 7.11 Å². The molecule has 0 saturated carbocycles. The van der Waals surface area contributed by atoms with Gasteiger partial charge in [0.25, 0.3) is 0 Å². The topological polar surface area (TPSA) is 30.5 Å². The van der Waals surface area contributed by atoms with E-state index in [0.717, 1.165) is 30.2 Å². The Bertz CT molecular complexity index is 581. The molecule has 0 spiro atoms. The van der Waals surface area contributed by atoms with Gasteiger partial charge < -0.3 is 14.8 Å². The first kappa shape index (κ1) is 15.4. The van der Waals surface area contributed by atoms with Crippen LogP contribution in [0.1, 0.15) is 23.6 Å². The molecular weight excluding hydrogens is 262 g/mol. The molecule has 0 amide bonds. The van der Waals surface area contributed by atoms with Crippen molar-refractivity contribution in [2.75, 3.05) is 13.7 Å². The molecule has 0 aliphatic rings. The number of rotatable bonds is 7. The maximum atomic E-state index is 5.94. The number of benzene rings is 2. The monoisotopic (exact) mass is 285 g/mol. The van der Waals surface area contributed by atoms with Gasteiger partial charge in [0, 0.05) is 6.54 Å². The van der Waals surface area contributed by atoms with Crippen molar-refractivity contribution in [2.24, 2.45) is 0 Å². The molecule has 0 aromatic heterocycles. The summed E-state index contributed by atoms with van der Waals surface area (Å²) in [6.07, 6.45) is 0. The summed E-state index contributed by atoms with van der Waals surface area (Å²) in [5, 5.41) is 3.35. The largest absolute Gasteiger partial charge is 0.493 e. The quantitative estimate of drug-likeness (QED) is 0.841. The molecule has 2 rings (SSSR count). The molecule has 21 heavy (non-hydrogen) atoms. The number of methoxy groups -OCH3 is 1. The van der Waals surface area contributed by atoms with Gasteiger partial charge in [-0.1, -0.05) is 37.3 Å². The van der Waals surface area contributed by atoms with Gasteiger partial charge in [-0.05, 0) is 42.3 Å². The van der Waals surface area contributed by atoms with Crippen LogP contribution in [0.25, 0.3) is 0 Å². The number of hydrogen-bond donors (Lipinski definition) is 1. The van der Waals surface area contributed by atoms with Crippen LogP contribution >= 0.6 is 0 Å². The van der Waals surface area contributed by atoms with Crippen molar-refractivity contribution in [2.45, 2.75) is 27.0 Å². The standard InChI is InChI=1S/C18H23NO2/c1-4-19-12-15-7-5-6-8-16(15)13-21-17-10-9-14(2)11-18(17)20-3/h5-11,19H,4,12-13H2,1-3H3. The van der Waals surface area contributed by atoms with E-state index < -0.39 is 0 Å². The van der Waals surface area contributed by atoms with Crippen molar-refractivity contribution in [3.05, 3.63) is 59.2 Å². The second kappa shape index (κ2) is 7.70. The minimum absolute atomic E-state index is 0.543. The highest BCUT2D eigenvalue weighted by atomic mass is 16.5. The Kier molecular flexibility index (Phi) is 5.64. The van der Waals surface area contributed by atoms with Crippen molar-refractivity contribution < 1.29 is 9.47 Å². The molecule has 1 N–H and O–H groups in total. The average Bonchev–Trinajstić information content (AvgIpc) is 2.52. The van der Waals surface area contributed by atoms with Crippen molar-refractivity contribution >= 4 is 0 Å². The van der Waals surface area contributed by atoms with Crippen molar-refractivity contribution in [3.63, 3.8) is 0 Å². The fourth-order valence-electron chi connectivity index (χ4n) is 2.18. The maximum absolute atomic E-state index is 5.94. The van der Waals surface area contributed by atoms with Crippen LogP contribution in [0.3, 0.4) is 0 Å². The van der Waals surface area contributed by atoms with Gasteiger partial charge in [-0.25, -0.2) is 0 Å². The summed E-state index contributed by atoms with van der Waals surface area (Å²) in [4.78, 5) is 0. The van der Waals surface area contributed by atoms with E-state index in [-0.39, 0.29) is 0 Å². The van der Waals surface area contributed by atoms with E-state index in [9.17, 15) is 0 Å². The maximum Gasteiger partial charge on any atom is 0.161 e. The van der Waals surface area contributed by atoms with Gasteiger partial charge in [0.2, 0.25) is 0 Å². The second-order valence-corrected chi connectivity index (χ2v) is 4.99. The van der Waals surface area contributed by atoms with Crippen LogP contribution < -0.4 is 14.8 Å². The van der Waals surface area contributed by atoms with Crippen LogP contribution in [-0.4, -0.2) is 13.7 Å². The van der Waals surface area contributed by atoms with E-state index >= 15 is 0 Å². The van der Waals surface area contributed by atoms with Crippen LogP contribution in [0.2, 0.25) is 0 Å². The first-order chi connectivity index (χ1) is 10.2. The van der Waals surface area contributed by atoms with Crippen LogP contribution in [0.5, 0.6) is 11.5 Å². The molecule has 0 fully saturated rings. The Morgan fingerprint density at radius 2 is 1.76 bits per heavy atom. The lowest BCUT2D eigenvalue weighted by molar-refractivity contribution is 0.283. The van der Waals surface area contributed by atoms with E-state index in [4.69, 9.17) is 9.47 Å². The molecule has 2 aromatic rings. The Balaban J connectivity index is 2.09. The molecule has 112 valence electrons. The zero-order valence-electron chi connectivity index (χ0n) is 13.0. The van der Waals surface area contributed by atoms with Crippen molar-refractivity contribution in [1.29, 1.82) is 0 Å². The highest BCUT2D eigenvalue weighted by Crippen LogP contribution is 2.28. The highest BCUT2D eigenvalue weighted by Gasteiger charge is 2.07. The number of nitrogens with one attached hydrogen (secondary N) is 1. The Morgan fingerprint density at radius 3 is 2.48 bits per heavy atom. The fourth-order valence-corrected chi connectivity index (χ4v) is 2.18. The smallest absolute Gasteiger partial charge is 0.161 e. The third-order valence-electron chi connectivity index (χ3n) is 3.39. The molecule has 0 atom stereocenters. The number of aryl methyl sites for hydroxylation is 1. The summed E-state index contributed by atoms with van der Waals surface area (Å²) in [7, 11) is 1.67. The molecule has 0 heterocycles. The van der Waals surface area contributed by atoms with Gasteiger partial charge >= 0.3 is 0 Å². The Morgan fingerprint density at radius 1 is 1.00 bits per heavy atom. The molecule has 0 saturated heterocycles. The summed E-state index contributed by atoms with van der Waals surface area (Å²) >= 11 is 0. The van der Waals surface area contributed by atoms with E-state index in [1.807, 2.05) is 31.2 Å². The Hall–Kier alpha value is -2.00. The lowest BCUT2D eigenvalue weighted by atomic mass is 10.1. The molecule has 0 aliphatic carbocycles.